The second kappa shape index (κ2) is 10.8. The monoisotopic (exact) mass is 450 g/mol. The van der Waals surface area contributed by atoms with E-state index in [0.29, 0.717) is 18.9 Å². The van der Waals surface area contributed by atoms with Crippen LogP contribution in [0.1, 0.15) is 31.9 Å². The van der Waals surface area contributed by atoms with Gasteiger partial charge in [0, 0.05) is 64.0 Å². The van der Waals surface area contributed by atoms with Gasteiger partial charge in [0.2, 0.25) is 11.8 Å². The maximum Gasteiger partial charge on any atom is 0.228 e. The molecule has 0 saturated carbocycles. The number of amides is 2. The number of carbonyl (C=O) groups excluding carboxylic acids is 2. The first kappa shape index (κ1) is 23.2. The van der Waals surface area contributed by atoms with E-state index in [4.69, 9.17) is 4.74 Å². The number of benzene rings is 1. The maximum atomic E-state index is 13.3. The molecule has 0 spiro atoms. The number of aromatic nitrogens is 1. The minimum absolute atomic E-state index is 0.0155. The van der Waals surface area contributed by atoms with Crippen LogP contribution in [0.15, 0.2) is 48.7 Å². The zero-order valence-electron chi connectivity index (χ0n) is 19.7. The molecule has 4 rings (SSSR count). The highest BCUT2D eigenvalue weighted by atomic mass is 16.5. The van der Waals surface area contributed by atoms with Crippen LogP contribution in [0.2, 0.25) is 0 Å². The van der Waals surface area contributed by atoms with Gasteiger partial charge in [0.25, 0.3) is 0 Å². The van der Waals surface area contributed by atoms with Gasteiger partial charge in [-0.3, -0.25) is 14.6 Å². The Morgan fingerprint density at radius 1 is 1.15 bits per heavy atom. The SMILES string of the molecule is CCOc1ccccc1N1CC(C(=O)N(C)C2CCN(CCc3ccccn3)CC2)CC1=O. The topological polar surface area (TPSA) is 66.0 Å². The molecular formula is C26H34N4O3. The summed E-state index contributed by atoms with van der Waals surface area (Å²) in [6.45, 7) is 5.82. The van der Waals surface area contributed by atoms with E-state index in [1.807, 2.05) is 61.5 Å². The van der Waals surface area contributed by atoms with Crippen LogP contribution in [0.3, 0.4) is 0 Å². The third kappa shape index (κ3) is 5.53. The molecule has 2 fully saturated rings. The van der Waals surface area contributed by atoms with E-state index in [0.717, 1.165) is 50.3 Å². The molecule has 1 aromatic carbocycles. The Labute approximate surface area is 196 Å². The molecule has 0 bridgehead atoms. The number of hydrogen-bond acceptors (Lipinski definition) is 5. The molecule has 3 heterocycles. The maximum absolute atomic E-state index is 13.3. The number of ether oxygens (including phenoxy) is 1. The predicted octanol–water partition coefficient (Wildman–Crippen LogP) is 3.00. The van der Waals surface area contributed by atoms with Crippen LogP contribution in [0.25, 0.3) is 0 Å². The number of anilines is 1. The molecule has 0 N–H and O–H groups in total. The molecular weight excluding hydrogens is 416 g/mol. The second-order valence-corrected chi connectivity index (χ2v) is 8.90. The lowest BCUT2D eigenvalue weighted by atomic mass is 10.00. The number of piperidine rings is 1. The molecule has 1 unspecified atom stereocenters. The summed E-state index contributed by atoms with van der Waals surface area (Å²) >= 11 is 0. The minimum Gasteiger partial charge on any atom is -0.492 e. The van der Waals surface area contributed by atoms with E-state index in [2.05, 4.69) is 16.0 Å². The first-order valence-corrected chi connectivity index (χ1v) is 12.0. The van der Waals surface area contributed by atoms with Gasteiger partial charge < -0.3 is 19.4 Å². The van der Waals surface area contributed by atoms with Crippen molar-refractivity contribution in [3.8, 4) is 5.75 Å². The number of para-hydroxylation sites is 2. The van der Waals surface area contributed by atoms with Gasteiger partial charge in [0.1, 0.15) is 5.75 Å². The Kier molecular flexibility index (Phi) is 7.60. The Balaban J connectivity index is 1.29. The lowest BCUT2D eigenvalue weighted by Crippen LogP contribution is -2.48. The molecule has 33 heavy (non-hydrogen) atoms. The van der Waals surface area contributed by atoms with Crippen molar-refractivity contribution in [2.45, 2.75) is 38.6 Å². The summed E-state index contributed by atoms with van der Waals surface area (Å²) in [5.41, 5.74) is 1.87. The van der Waals surface area contributed by atoms with Crippen LogP contribution in [0.4, 0.5) is 5.69 Å². The van der Waals surface area contributed by atoms with Crippen molar-refractivity contribution in [1.29, 1.82) is 0 Å². The molecule has 2 amide bonds. The van der Waals surface area contributed by atoms with Crippen molar-refractivity contribution in [1.82, 2.24) is 14.8 Å². The number of hydrogen-bond donors (Lipinski definition) is 0. The van der Waals surface area contributed by atoms with Gasteiger partial charge in [-0.25, -0.2) is 0 Å². The highest BCUT2D eigenvalue weighted by Gasteiger charge is 2.39. The summed E-state index contributed by atoms with van der Waals surface area (Å²) in [5.74, 6) is 0.442. The van der Waals surface area contributed by atoms with Gasteiger partial charge in [-0.05, 0) is 44.0 Å². The molecule has 1 aromatic heterocycles. The number of pyridine rings is 1. The Bertz CT molecular complexity index is 944. The van der Waals surface area contributed by atoms with Crippen molar-refractivity contribution in [2.75, 3.05) is 44.7 Å². The van der Waals surface area contributed by atoms with Crippen molar-refractivity contribution >= 4 is 17.5 Å². The highest BCUT2D eigenvalue weighted by molar-refractivity contribution is 6.01. The first-order chi connectivity index (χ1) is 16.1. The highest BCUT2D eigenvalue weighted by Crippen LogP contribution is 2.34. The van der Waals surface area contributed by atoms with Gasteiger partial charge in [0.05, 0.1) is 18.2 Å². The molecule has 2 aliphatic rings. The molecule has 2 saturated heterocycles. The fourth-order valence-corrected chi connectivity index (χ4v) is 4.88. The average Bonchev–Trinajstić information content (AvgIpc) is 3.24. The van der Waals surface area contributed by atoms with Crippen molar-refractivity contribution in [3.63, 3.8) is 0 Å². The Hall–Kier alpha value is -2.93. The van der Waals surface area contributed by atoms with Crippen molar-refractivity contribution in [3.05, 3.63) is 54.4 Å². The number of likely N-dealkylation sites (tertiary alicyclic amines) is 1. The summed E-state index contributed by atoms with van der Waals surface area (Å²) in [5, 5.41) is 0. The van der Waals surface area contributed by atoms with E-state index in [1.165, 1.54) is 0 Å². The van der Waals surface area contributed by atoms with Crippen LogP contribution in [0.5, 0.6) is 5.75 Å². The molecule has 7 heteroatoms. The van der Waals surface area contributed by atoms with Crippen LogP contribution in [-0.2, 0) is 16.0 Å². The molecule has 0 radical (unpaired) electrons. The number of carbonyl (C=O) groups is 2. The van der Waals surface area contributed by atoms with E-state index >= 15 is 0 Å². The molecule has 1 atom stereocenters. The third-order valence-electron chi connectivity index (χ3n) is 6.79. The van der Waals surface area contributed by atoms with E-state index in [-0.39, 0.29) is 30.2 Å². The van der Waals surface area contributed by atoms with E-state index < -0.39 is 0 Å². The normalized spacial score (nSPS) is 19.6. The van der Waals surface area contributed by atoms with Crippen LogP contribution in [-0.4, -0.2) is 72.5 Å². The lowest BCUT2D eigenvalue weighted by molar-refractivity contribution is -0.137. The minimum atomic E-state index is -0.306. The smallest absolute Gasteiger partial charge is 0.228 e. The van der Waals surface area contributed by atoms with Gasteiger partial charge in [-0.1, -0.05) is 18.2 Å². The van der Waals surface area contributed by atoms with Crippen molar-refractivity contribution in [2.24, 2.45) is 5.92 Å². The van der Waals surface area contributed by atoms with Crippen molar-refractivity contribution < 1.29 is 14.3 Å². The first-order valence-electron chi connectivity index (χ1n) is 12.0. The third-order valence-corrected chi connectivity index (χ3v) is 6.79. The largest absolute Gasteiger partial charge is 0.492 e. The summed E-state index contributed by atoms with van der Waals surface area (Å²) in [6.07, 6.45) is 4.96. The summed E-state index contributed by atoms with van der Waals surface area (Å²) in [6, 6.07) is 13.8. The summed E-state index contributed by atoms with van der Waals surface area (Å²) in [4.78, 5) is 36.5. The van der Waals surface area contributed by atoms with Crippen LogP contribution >= 0.6 is 0 Å². The van der Waals surface area contributed by atoms with Gasteiger partial charge in [-0.15, -0.1) is 0 Å². The summed E-state index contributed by atoms with van der Waals surface area (Å²) in [7, 11) is 1.90. The Morgan fingerprint density at radius 2 is 1.91 bits per heavy atom. The fraction of sp³-hybridized carbons (Fsp3) is 0.500. The predicted molar refractivity (Wildman–Crippen MR) is 128 cm³/mol. The van der Waals surface area contributed by atoms with E-state index in [9.17, 15) is 9.59 Å². The Morgan fingerprint density at radius 3 is 2.64 bits per heavy atom. The molecule has 2 aliphatic heterocycles. The molecule has 0 aliphatic carbocycles. The van der Waals surface area contributed by atoms with Crippen LogP contribution < -0.4 is 9.64 Å². The standard InChI is InChI=1S/C26H34N4O3/c1-3-33-24-10-5-4-9-23(24)30-19-20(18-25(30)31)26(32)28(2)22-12-16-29(17-13-22)15-11-21-8-6-7-14-27-21/h4-10,14,20,22H,3,11-13,15-19H2,1-2H3. The van der Waals surface area contributed by atoms with E-state index in [1.54, 1.807) is 4.90 Å². The molecule has 176 valence electrons. The average molecular weight is 451 g/mol. The molecule has 2 aromatic rings. The zero-order chi connectivity index (χ0) is 23.2. The number of rotatable bonds is 8. The zero-order valence-corrected chi connectivity index (χ0v) is 19.7. The summed E-state index contributed by atoms with van der Waals surface area (Å²) < 4.78 is 5.70. The van der Waals surface area contributed by atoms with Crippen LogP contribution in [0, 0.1) is 5.92 Å². The lowest BCUT2D eigenvalue weighted by Gasteiger charge is -2.37. The van der Waals surface area contributed by atoms with Gasteiger partial charge >= 0.3 is 0 Å². The second-order valence-electron chi connectivity index (χ2n) is 8.90. The van der Waals surface area contributed by atoms with Gasteiger partial charge in [0.15, 0.2) is 0 Å². The quantitative estimate of drug-likeness (QED) is 0.619. The molecule has 7 nitrogen and oxygen atoms in total. The fourth-order valence-electron chi connectivity index (χ4n) is 4.88. The number of nitrogens with zero attached hydrogens (tertiary/aromatic N) is 4. The van der Waals surface area contributed by atoms with Gasteiger partial charge in [-0.2, -0.15) is 0 Å².